The molecular weight excluding hydrogens is 444 g/mol. The van der Waals surface area contributed by atoms with Gasteiger partial charge in [-0.1, -0.05) is 6.58 Å². The average molecular weight is 467 g/mol. The monoisotopic (exact) mass is 466 g/mol. The van der Waals surface area contributed by atoms with Gasteiger partial charge in [0.2, 0.25) is 5.91 Å². The molecule has 2 aliphatic heterocycles. The Kier molecular flexibility index (Phi) is 6.37. The van der Waals surface area contributed by atoms with E-state index in [1.807, 2.05) is 0 Å². The molecule has 0 aliphatic carbocycles. The summed E-state index contributed by atoms with van der Waals surface area (Å²) in [7, 11) is -3.60. The van der Waals surface area contributed by atoms with Crippen molar-refractivity contribution in [2.75, 3.05) is 30.5 Å². The smallest absolute Gasteiger partial charge is 0.265 e. The van der Waals surface area contributed by atoms with Gasteiger partial charge in [0.1, 0.15) is 28.1 Å². The first-order valence-corrected chi connectivity index (χ1v) is 12.2. The number of rotatable bonds is 6. The number of anilines is 1. The van der Waals surface area contributed by atoms with Crippen molar-refractivity contribution < 1.29 is 32.3 Å². The molecule has 0 saturated carbocycles. The number of sulfone groups is 1. The molecule has 11 heteroatoms. The molecule has 2 aliphatic rings. The van der Waals surface area contributed by atoms with E-state index in [0.29, 0.717) is 24.7 Å². The second-order valence-electron chi connectivity index (χ2n) is 7.06. The quantitative estimate of drug-likeness (QED) is 0.638. The Morgan fingerprint density at radius 3 is 2.52 bits per heavy atom. The molecule has 9 nitrogen and oxygen atoms in total. The van der Waals surface area contributed by atoms with Crippen LogP contribution in [0.3, 0.4) is 0 Å². The summed E-state index contributed by atoms with van der Waals surface area (Å²) >= 11 is 1.06. The van der Waals surface area contributed by atoms with Crippen LogP contribution >= 0.6 is 11.3 Å². The first-order valence-electron chi connectivity index (χ1n) is 9.31. The van der Waals surface area contributed by atoms with Crippen molar-refractivity contribution in [1.29, 1.82) is 0 Å². The lowest BCUT2D eigenvalue weighted by atomic mass is 10.1. The summed E-state index contributed by atoms with van der Waals surface area (Å²) in [6, 6.07) is -1.16. The van der Waals surface area contributed by atoms with Crippen LogP contribution in [0.1, 0.15) is 34.6 Å². The SMILES string of the molecule is C=C(/C=C1/OCCO/C1=C/C)[C@@H](CS(C)(=O)=O)N1C(=O)c2csc(NC(C)=O)c2C1=O. The van der Waals surface area contributed by atoms with Crippen molar-refractivity contribution in [1.82, 2.24) is 4.90 Å². The fraction of sp³-hybridized carbons (Fsp3) is 0.350. The van der Waals surface area contributed by atoms with Crippen LogP contribution in [0.25, 0.3) is 0 Å². The topological polar surface area (TPSA) is 119 Å². The molecule has 0 spiro atoms. The number of imide groups is 1. The zero-order valence-electron chi connectivity index (χ0n) is 17.3. The predicted molar refractivity (Wildman–Crippen MR) is 116 cm³/mol. The van der Waals surface area contributed by atoms with Crippen LogP contribution < -0.4 is 5.32 Å². The number of thiophene rings is 1. The standard InChI is InChI=1S/C20H22N2O7S2/c1-5-15-16(29-7-6-28-15)8-11(2)14(10-31(4,26)27)22-19(24)13-9-30-18(21-12(3)23)17(13)20(22)25/h5,8-9,14H,2,6-7,10H2,1,3-4H3,(H,21,23)/b15-5+,16-8+/t14-/m1/s1. The van der Waals surface area contributed by atoms with E-state index in [1.54, 1.807) is 13.0 Å². The second-order valence-corrected chi connectivity index (χ2v) is 10.1. The number of allylic oxidation sites excluding steroid dienone is 1. The first-order chi connectivity index (χ1) is 14.5. The van der Waals surface area contributed by atoms with Crippen LogP contribution in [0.5, 0.6) is 0 Å². The third-order valence-corrected chi connectivity index (χ3v) is 6.40. The molecule has 1 saturated heterocycles. The summed E-state index contributed by atoms with van der Waals surface area (Å²) in [4.78, 5) is 38.5. The largest absolute Gasteiger partial charge is 0.486 e. The molecule has 1 fully saturated rings. The van der Waals surface area contributed by atoms with Crippen molar-refractivity contribution in [2.24, 2.45) is 0 Å². The molecule has 1 N–H and O–H groups in total. The van der Waals surface area contributed by atoms with Crippen molar-refractivity contribution in [3.63, 3.8) is 0 Å². The lowest BCUT2D eigenvalue weighted by Crippen LogP contribution is -2.44. The minimum atomic E-state index is -3.60. The highest BCUT2D eigenvalue weighted by atomic mass is 32.2. The maximum Gasteiger partial charge on any atom is 0.265 e. The highest BCUT2D eigenvalue weighted by molar-refractivity contribution is 7.90. The molecule has 1 atom stereocenters. The lowest BCUT2D eigenvalue weighted by molar-refractivity contribution is -0.114. The molecule has 0 unspecified atom stereocenters. The van der Waals surface area contributed by atoms with E-state index < -0.39 is 39.4 Å². The Labute approximate surface area is 183 Å². The van der Waals surface area contributed by atoms with Gasteiger partial charge in [-0.2, -0.15) is 0 Å². The molecule has 3 rings (SSSR count). The number of nitrogens with one attached hydrogen (secondary N) is 1. The molecule has 0 bridgehead atoms. The Hall–Kier alpha value is -2.92. The molecule has 31 heavy (non-hydrogen) atoms. The van der Waals surface area contributed by atoms with Gasteiger partial charge in [-0.05, 0) is 24.6 Å². The minimum Gasteiger partial charge on any atom is -0.486 e. The van der Waals surface area contributed by atoms with Gasteiger partial charge < -0.3 is 14.8 Å². The van der Waals surface area contributed by atoms with Gasteiger partial charge >= 0.3 is 0 Å². The van der Waals surface area contributed by atoms with E-state index in [4.69, 9.17) is 9.47 Å². The summed E-state index contributed by atoms with van der Waals surface area (Å²) in [6.45, 7) is 7.62. The Morgan fingerprint density at radius 2 is 1.94 bits per heavy atom. The van der Waals surface area contributed by atoms with E-state index in [0.717, 1.165) is 22.5 Å². The Morgan fingerprint density at radius 1 is 1.29 bits per heavy atom. The highest BCUT2D eigenvalue weighted by Crippen LogP contribution is 2.37. The maximum atomic E-state index is 13.2. The normalized spacial score (nSPS) is 19.8. The molecule has 166 valence electrons. The number of ether oxygens (including phenoxy) is 2. The van der Waals surface area contributed by atoms with Crippen molar-refractivity contribution in [3.8, 4) is 0 Å². The highest BCUT2D eigenvalue weighted by Gasteiger charge is 2.44. The Balaban J connectivity index is 2.00. The number of nitrogens with zero attached hydrogens (tertiary/aromatic N) is 1. The predicted octanol–water partition coefficient (Wildman–Crippen LogP) is 2.11. The Bertz CT molecular complexity index is 1130. The van der Waals surface area contributed by atoms with Crippen LogP contribution in [0.2, 0.25) is 0 Å². The van der Waals surface area contributed by atoms with Gasteiger partial charge in [-0.15, -0.1) is 11.3 Å². The first kappa shape index (κ1) is 22.8. The van der Waals surface area contributed by atoms with Crippen LogP contribution in [0.4, 0.5) is 5.00 Å². The van der Waals surface area contributed by atoms with Crippen LogP contribution in [-0.4, -0.2) is 62.3 Å². The fourth-order valence-corrected chi connectivity index (χ4v) is 5.20. The van der Waals surface area contributed by atoms with Crippen molar-refractivity contribution in [2.45, 2.75) is 19.9 Å². The third-order valence-electron chi connectivity index (χ3n) is 4.58. The van der Waals surface area contributed by atoms with E-state index in [9.17, 15) is 22.8 Å². The minimum absolute atomic E-state index is 0.0514. The van der Waals surface area contributed by atoms with Gasteiger partial charge in [-0.25, -0.2) is 8.42 Å². The van der Waals surface area contributed by atoms with Crippen molar-refractivity contribution >= 4 is 43.9 Å². The summed E-state index contributed by atoms with van der Waals surface area (Å²) in [6.07, 6.45) is 4.18. The van der Waals surface area contributed by atoms with Gasteiger partial charge in [0.15, 0.2) is 11.5 Å². The molecule has 1 aromatic heterocycles. The van der Waals surface area contributed by atoms with E-state index in [2.05, 4.69) is 11.9 Å². The number of hydrogen-bond acceptors (Lipinski definition) is 8. The van der Waals surface area contributed by atoms with E-state index in [1.165, 1.54) is 18.4 Å². The maximum absolute atomic E-state index is 13.2. The number of fused-ring (bicyclic) bond motifs is 1. The van der Waals surface area contributed by atoms with E-state index >= 15 is 0 Å². The number of carbonyl (C=O) groups is 3. The van der Waals surface area contributed by atoms with Crippen molar-refractivity contribution in [3.05, 3.63) is 52.3 Å². The molecule has 1 aromatic rings. The van der Waals surface area contributed by atoms with Crippen LogP contribution in [0, 0.1) is 0 Å². The fourth-order valence-electron chi connectivity index (χ4n) is 3.29. The van der Waals surface area contributed by atoms with Gasteiger partial charge in [0.05, 0.1) is 22.9 Å². The summed E-state index contributed by atoms with van der Waals surface area (Å²) in [5.41, 5.74) is 0.363. The summed E-state index contributed by atoms with van der Waals surface area (Å²) in [5, 5.41) is 4.24. The lowest BCUT2D eigenvalue weighted by Gasteiger charge is -2.28. The molecule has 0 aromatic carbocycles. The zero-order valence-corrected chi connectivity index (χ0v) is 18.9. The van der Waals surface area contributed by atoms with Crippen LogP contribution in [0.15, 0.2) is 41.2 Å². The van der Waals surface area contributed by atoms with Gasteiger partial charge in [0.25, 0.3) is 11.8 Å². The molecule has 3 amide bonds. The zero-order chi connectivity index (χ0) is 22.9. The molecule has 0 radical (unpaired) electrons. The molecular formula is C20H22N2O7S2. The van der Waals surface area contributed by atoms with E-state index in [-0.39, 0.29) is 21.7 Å². The second kappa shape index (κ2) is 8.67. The van der Waals surface area contributed by atoms with Crippen LogP contribution in [-0.2, 0) is 24.1 Å². The summed E-state index contributed by atoms with van der Waals surface area (Å²) < 4.78 is 35.3. The molecule has 3 heterocycles. The average Bonchev–Trinajstić information content (AvgIpc) is 3.19. The van der Waals surface area contributed by atoms with Gasteiger partial charge in [-0.3, -0.25) is 19.3 Å². The number of hydrogen-bond donors (Lipinski definition) is 1. The number of amides is 3. The number of carbonyl (C=O) groups excluding carboxylic acids is 3. The summed E-state index contributed by atoms with van der Waals surface area (Å²) in [5.74, 6) is -1.44. The van der Waals surface area contributed by atoms with Gasteiger partial charge in [0, 0.05) is 18.6 Å². The third kappa shape index (κ3) is 4.72.